The van der Waals surface area contributed by atoms with Crippen molar-refractivity contribution in [3.8, 4) is 11.3 Å². The average Bonchev–Trinajstić information content (AvgIpc) is 3.78. The van der Waals surface area contributed by atoms with E-state index in [1.165, 1.54) is 96.0 Å². The standard InChI is InChI=1S/C32H26NS.C13H24O2.Ir/c1-20-17-26-24-13-7-8-14-30(24)34-32(26)27(18-20)29-19-25(21-9-3-4-10-21)31-23-12-6-5-11-22(23)15-16-28(31)33(29)2;1-5-10(6-2)12(14)9-13(15)11(7-3)8-4;/h5-8,11-17,19,21H,2-4,9-10H2,1H3;9-11,14H,5-8H2,1-4H3;/q-1;;/b;12-9-;. The number of benzene rings is 4. The summed E-state index contributed by atoms with van der Waals surface area (Å²) in [5, 5.41) is 16.4. The third-order valence-corrected chi connectivity index (χ3v) is 12.0. The van der Waals surface area contributed by atoms with Crippen LogP contribution in [0, 0.1) is 31.9 Å². The van der Waals surface area contributed by atoms with Crippen molar-refractivity contribution in [2.45, 2.75) is 91.9 Å². The number of hydrogen-bond acceptors (Lipinski definition) is 3. The Balaban J connectivity index is 0.000000261. The fourth-order valence-electron chi connectivity index (χ4n) is 7.84. The summed E-state index contributed by atoms with van der Waals surface area (Å²) < 4.78 is 4.80. The van der Waals surface area contributed by atoms with E-state index < -0.39 is 0 Å². The fourth-order valence-corrected chi connectivity index (χ4v) is 9.03. The molecule has 50 heavy (non-hydrogen) atoms. The molecule has 7 rings (SSSR count). The van der Waals surface area contributed by atoms with Crippen LogP contribution < -0.4 is 4.57 Å². The minimum absolute atomic E-state index is 0. The van der Waals surface area contributed by atoms with Gasteiger partial charge in [0.15, 0.2) is 5.78 Å². The molecule has 0 bridgehead atoms. The van der Waals surface area contributed by atoms with E-state index in [0.29, 0.717) is 5.92 Å². The second kappa shape index (κ2) is 16.7. The predicted molar refractivity (Wildman–Crippen MR) is 209 cm³/mol. The quantitative estimate of drug-likeness (QED) is 0.0517. The van der Waals surface area contributed by atoms with Crippen LogP contribution in [0.3, 0.4) is 0 Å². The van der Waals surface area contributed by atoms with E-state index in [1.807, 2.05) is 39.0 Å². The SMILES string of the molecule is CCC(CC)C(=O)/C=C(\O)C(CC)CC.[CH2-][n+]1c(-c2[c-]c(C)cc3c2sc2ccccc23)cc(C2CCCC2)c2c3ccccc3ccc21.[Ir]. The Labute approximate surface area is 315 Å². The fraction of sp³-hybridized carbons (Fsp3) is 0.356. The second-order valence-electron chi connectivity index (χ2n) is 13.7. The zero-order chi connectivity index (χ0) is 34.7. The number of carbonyl (C=O) groups excluding carboxylic acids is 1. The van der Waals surface area contributed by atoms with Crippen molar-refractivity contribution in [3.63, 3.8) is 0 Å². The van der Waals surface area contributed by atoms with Crippen molar-refractivity contribution in [1.82, 2.24) is 0 Å². The van der Waals surface area contributed by atoms with E-state index in [2.05, 4.69) is 97.4 Å². The van der Waals surface area contributed by atoms with Crippen LogP contribution in [0.25, 0.3) is 53.1 Å². The summed E-state index contributed by atoms with van der Waals surface area (Å²) in [6, 6.07) is 30.5. The molecule has 1 radical (unpaired) electrons. The maximum Gasteiger partial charge on any atom is 0.162 e. The molecule has 1 aliphatic rings. The molecule has 0 atom stereocenters. The summed E-state index contributed by atoms with van der Waals surface area (Å²) in [5.41, 5.74) is 6.23. The summed E-state index contributed by atoms with van der Waals surface area (Å²) in [6.07, 6.45) is 10.1. The molecule has 0 amide bonds. The zero-order valence-corrected chi connectivity index (χ0v) is 33.4. The monoisotopic (exact) mass is 861 g/mol. The van der Waals surface area contributed by atoms with Gasteiger partial charge in [-0.3, -0.25) is 4.79 Å². The topological polar surface area (TPSA) is 41.2 Å². The van der Waals surface area contributed by atoms with Crippen molar-refractivity contribution >= 4 is 59.0 Å². The number of aliphatic hydroxyl groups excluding tert-OH is 1. The smallest absolute Gasteiger partial charge is 0.162 e. The van der Waals surface area contributed by atoms with Crippen LogP contribution in [0.4, 0.5) is 0 Å². The van der Waals surface area contributed by atoms with Crippen molar-refractivity contribution < 1.29 is 34.6 Å². The number of nitrogens with zero attached hydrogens (tertiary/aromatic N) is 1. The van der Waals surface area contributed by atoms with Crippen molar-refractivity contribution in [3.05, 3.63) is 109 Å². The van der Waals surface area contributed by atoms with E-state index in [1.54, 1.807) is 0 Å². The Morgan fingerprint density at radius 3 is 2.22 bits per heavy atom. The first-order valence-corrected chi connectivity index (χ1v) is 19.1. The van der Waals surface area contributed by atoms with Crippen LogP contribution in [-0.4, -0.2) is 10.9 Å². The number of hydrogen-bond donors (Lipinski definition) is 1. The average molecular weight is 861 g/mol. The molecule has 0 aliphatic heterocycles. The molecule has 2 aromatic heterocycles. The Hall–Kier alpha value is -3.50. The van der Waals surface area contributed by atoms with Crippen LogP contribution in [0.15, 0.2) is 84.6 Å². The predicted octanol–water partition coefficient (Wildman–Crippen LogP) is 12.6. The first-order valence-electron chi connectivity index (χ1n) is 18.3. The van der Waals surface area contributed by atoms with E-state index >= 15 is 0 Å². The summed E-state index contributed by atoms with van der Waals surface area (Å²) in [6.45, 7) is 10.2. The number of ketones is 1. The first kappa shape index (κ1) is 37.7. The van der Waals surface area contributed by atoms with Gasteiger partial charge in [-0.1, -0.05) is 107 Å². The zero-order valence-electron chi connectivity index (χ0n) is 30.1. The van der Waals surface area contributed by atoms with Gasteiger partial charge in [-0.05, 0) is 89.1 Å². The number of carbonyl (C=O) groups is 1. The summed E-state index contributed by atoms with van der Waals surface area (Å²) in [5.74, 6) is 1.15. The number of aliphatic hydroxyl groups is 1. The molecule has 1 aliphatic carbocycles. The van der Waals surface area contributed by atoms with Gasteiger partial charge in [-0.2, -0.15) is 11.3 Å². The van der Waals surface area contributed by atoms with Crippen LogP contribution in [0.2, 0.25) is 0 Å². The van der Waals surface area contributed by atoms with E-state index in [0.717, 1.165) is 25.7 Å². The number of aromatic nitrogens is 1. The maximum absolute atomic E-state index is 11.7. The molecular formula is C45H50IrNO2S-. The molecule has 0 saturated heterocycles. The molecule has 1 N–H and O–H groups in total. The first-order chi connectivity index (χ1) is 23.8. The number of allylic oxidation sites excluding steroid dienone is 2. The second-order valence-corrected chi connectivity index (χ2v) is 14.8. The summed E-state index contributed by atoms with van der Waals surface area (Å²) in [7, 11) is 4.59. The number of thiophene rings is 1. The Morgan fingerprint density at radius 2 is 1.54 bits per heavy atom. The molecule has 0 spiro atoms. The molecule has 5 heteroatoms. The van der Waals surface area contributed by atoms with Crippen LogP contribution in [0.5, 0.6) is 0 Å². The third-order valence-electron chi connectivity index (χ3n) is 10.7. The molecule has 6 aromatic rings. The molecule has 1 fully saturated rings. The Bertz CT molecular complexity index is 2150. The molecule has 4 aromatic carbocycles. The Morgan fingerprint density at radius 1 is 0.900 bits per heavy atom. The van der Waals surface area contributed by atoms with Crippen molar-refractivity contribution in [2.75, 3.05) is 0 Å². The maximum atomic E-state index is 11.7. The van der Waals surface area contributed by atoms with E-state index in [9.17, 15) is 9.90 Å². The summed E-state index contributed by atoms with van der Waals surface area (Å²) >= 11 is 1.87. The van der Waals surface area contributed by atoms with E-state index in [-0.39, 0.29) is 43.5 Å². The minimum atomic E-state index is 0. The van der Waals surface area contributed by atoms with Gasteiger partial charge in [0.25, 0.3) is 0 Å². The molecule has 3 nitrogen and oxygen atoms in total. The van der Waals surface area contributed by atoms with Crippen LogP contribution in [-0.2, 0) is 24.9 Å². The van der Waals surface area contributed by atoms with Gasteiger partial charge in [0.1, 0.15) is 11.2 Å². The van der Waals surface area contributed by atoms with Crippen molar-refractivity contribution in [1.29, 1.82) is 0 Å². The number of pyridine rings is 1. The normalized spacial score (nSPS) is 13.8. The van der Waals surface area contributed by atoms with Crippen LogP contribution in [0.1, 0.15) is 96.1 Å². The van der Waals surface area contributed by atoms with Gasteiger partial charge in [0.05, 0.1) is 5.76 Å². The summed E-state index contributed by atoms with van der Waals surface area (Å²) in [4.78, 5) is 11.7. The van der Waals surface area contributed by atoms with Gasteiger partial charge < -0.3 is 9.67 Å². The number of rotatable bonds is 9. The van der Waals surface area contributed by atoms with E-state index in [4.69, 9.17) is 0 Å². The van der Waals surface area contributed by atoms with Gasteiger partial charge in [-0.25, -0.2) is 0 Å². The van der Waals surface area contributed by atoms with Gasteiger partial charge >= 0.3 is 0 Å². The van der Waals surface area contributed by atoms with Gasteiger partial charge in [-0.15, -0.1) is 17.7 Å². The molecular weight excluding hydrogens is 811 g/mol. The Kier molecular flexibility index (Phi) is 12.6. The van der Waals surface area contributed by atoms with Gasteiger partial charge in [0.2, 0.25) is 0 Å². The molecule has 1 saturated carbocycles. The number of fused-ring (bicyclic) bond motifs is 6. The molecule has 263 valence electrons. The van der Waals surface area contributed by atoms with Crippen LogP contribution >= 0.6 is 11.3 Å². The van der Waals surface area contributed by atoms with Gasteiger partial charge in [0, 0.05) is 55.2 Å². The largest absolute Gasteiger partial charge is 0.512 e. The molecule has 0 unspecified atom stereocenters. The minimum Gasteiger partial charge on any atom is -0.512 e. The third kappa shape index (κ3) is 7.42. The van der Waals surface area contributed by atoms with Crippen molar-refractivity contribution in [2.24, 2.45) is 11.8 Å². The number of aryl methyl sites for hydroxylation is 1. The molecule has 2 heterocycles.